The molecule has 1 saturated carbocycles. The molecular formula is C13H19NO3S. The highest BCUT2D eigenvalue weighted by atomic mass is 32.2. The maximum absolute atomic E-state index is 11.4. The van der Waals surface area contributed by atoms with Gasteiger partial charge in [0, 0.05) is 7.05 Å². The topological polar surface area (TPSA) is 46.6 Å². The van der Waals surface area contributed by atoms with E-state index in [0.29, 0.717) is 11.6 Å². The van der Waals surface area contributed by atoms with Crippen molar-refractivity contribution in [3.8, 4) is 5.75 Å². The third-order valence-electron chi connectivity index (χ3n) is 3.41. The SMILES string of the molecule is CN(c1ccc(OCC2CCC2)cc1)S(C)(=O)=O. The molecule has 1 aromatic carbocycles. The fraction of sp³-hybridized carbons (Fsp3) is 0.538. The lowest BCUT2D eigenvalue weighted by Crippen LogP contribution is -2.24. The molecule has 0 spiro atoms. The van der Waals surface area contributed by atoms with Crippen LogP contribution in [0.4, 0.5) is 5.69 Å². The lowest BCUT2D eigenvalue weighted by atomic mass is 9.86. The molecule has 18 heavy (non-hydrogen) atoms. The average molecular weight is 269 g/mol. The van der Waals surface area contributed by atoms with Gasteiger partial charge in [-0.15, -0.1) is 0 Å². The quantitative estimate of drug-likeness (QED) is 0.823. The fourth-order valence-electron chi connectivity index (χ4n) is 1.82. The number of anilines is 1. The first-order chi connectivity index (χ1) is 8.47. The summed E-state index contributed by atoms with van der Waals surface area (Å²) in [6.45, 7) is 0.765. The summed E-state index contributed by atoms with van der Waals surface area (Å²) in [6, 6.07) is 7.15. The molecule has 1 fully saturated rings. The molecule has 0 aromatic heterocycles. The first-order valence-electron chi connectivity index (χ1n) is 6.13. The highest BCUT2D eigenvalue weighted by Gasteiger charge is 2.18. The van der Waals surface area contributed by atoms with Crippen LogP contribution in [0.3, 0.4) is 0 Å². The van der Waals surface area contributed by atoms with Gasteiger partial charge >= 0.3 is 0 Å². The summed E-state index contributed by atoms with van der Waals surface area (Å²) >= 11 is 0. The molecule has 0 bridgehead atoms. The van der Waals surface area contributed by atoms with Crippen molar-refractivity contribution in [1.82, 2.24) is 0 Å². The van der Waals surface area contributed by atoms with E-state index in [1.165, 1.54) is 29.8 Å². The number of nitrogens with zero attached hydrogens (tertiary/aromatic N) is 1. The number of sulfonamides is 1. The summed E-state index contributed by atoms with van der Waals surface area (Å²) in [5.74, 6) is 1.50. The van der Waals surface area contributed by atoms with Crippen LogP contribution in [0.15, 0.2) is 24.3 Å². The number of benzene rings is 1. The number of ether oxygens (including phenoxy) is 1. The fourth-order valence-corrected chi connectivity index (χ4v) is 2.32. The highest BCUT2D eigenvalue weighted by molar-refractivity contribution is 7.92. The molecule has 0 aliphatic heterocycles. The van der Waals surface area contributed by atoms with Crippen molar-refractivity contribution in [3.05, 3.63) is 24.3 Å². The van der Waals surface area contributed by atoms with E-state index in [0.717, 1.165) is 12.4 Å². The Hall–Kier alpha value is -1.23. The van der Waals surface area contributed by atoms with Gasteiger partial charge in [-0.1, -0.05) is 6.42 Å². The van der Waals surface area contributed by atoms with Crippen LogP contribution >= 0.6 is 0 Å². The van der Waals surface area contributed by atoms with Crippen molar-refractivity contribution in [1.29, 1.82) is 0 Å². The van der Waals surface area contributed by atoms with E-state index in [4.69, 9.17) is 4.74 Å². The number of hydrogen-bond donors (Lipinski definition) is 0. The van der Waals surface area contributed by atoms with E-state index >= 15 is 0 Å². The van der Waals surface area contributed by atoms with Crippen LogP contribution in [0.2, 0.25) is 0 Å². The second-order valence-corrected chi connectivity index (χ2v) is 6.85. The van der Waals surface area contributed by atoms with Gasteiger partial charge in [0.2, 0.25) is 10.0 Å². The van der Waals surface area contributed by atoms with Gasteiger partial charge in [0.25, 0.3) is 0 Å². The first kappa shape index (κ1) is 13.2. The third kappa shape index (κ3) is 3.16. The zero-order valence-electron chi connectivity index (χ0n) is 10.8. The van der Waals surface area contributed by atoms with Gasteiger partial charge in [0.1, 0.15) is 5.75 Å². The molecule has 0 amide bonds. The molecule has 4 nitrogen and oxygen atoms in total. The van der Waals surface area contributed by atoms with Gasteiger partial charge in [-0.2, -0.15) is 0 Å². The molecule has 2 rings (SSSR count). The summed E-state index contributed by atoms with van der Waals surface area (Å²) in [7, 11) is -1.66. The van der Waals surface area contributed by atoms with Crippen molar-refractivity contribution < 1.29 is 13.2 Å². The van der Waals surface area contributed by atoms with Crippen LogP contribution in [0.25, 0.3) is 0 Å². The van der Waals surface area contributed by atoms with E-state index in [9.17, 15) is 8.42 Å². The van der Waals surface area contributed by atoms with E-state index in [1.807, 2.05) is 12.1 Å². The molecule has 1 aromatic rings. The molecular weight excluding hydrogens is 250 g/mol. The van der Waals surface area contributed by atoms with Crippen LogP contribution in [-0.4, -0.2) is 28.3 Å². The summed E-state index contributed by atoms with van der Waals surface area (Å²) in [6.07, 6.45) is 5.02. The minimum absolute atomic E-state index is 0.647. The van der Waals surface area contributed by atoms with Crippen LogP contribution in [-0.2, 0) is 10.0 Å². The summed E-state index contributed by atoms with van der Waals surface area (Å²) in [5, 5.41) is 0. The first-order valence-corrected chi connectivity index (χ1v) is 7.98. The molecule has 1 aliphatic carbocycles. The summed E-state index contributed by atoms with van der Waals surface area (Å²) in [5.41, 5.74) is 0.647. The second kappa shape index (κ2) is 5.18. The van der Waals surface area contributed by atoms with Crippen molar-refractivity contribution in [2.24, 2.45) is 5.92 Å². The molecule has 5 heteroatoms. The standard InChI is InChI=1S/C13H19NO3S/c1-14(18(2,15)16)12-6-8-13(9-7-12)17-10-11-4-3-5-11/h6-9,11H,3-5,10H2,1-2H3. The largest absolute Gasteiger partial charge is 0.493 e. The Labute approximate surface area is 109 Å². The monoisotopic (exact) mass is 269 g/mol. The zero-order chi connectivity index (χ0) is 13.2. The van der Waals surface area contributed by atoms with Gasteiger partial charge < -0.3 is 4.74 Å². The normalized spacial score (nSPS) is 16.1. The van der Waals surface area contributed by atoms with Gasteiger partial charge in [0.15, 0.2) is 0 Å². The minimum atomic E-state index is -3.20. The molecule has 100 valence electrons. The predicted molar refractivity (Wildman–Crippen MR) is 72.5 cm³/mol. The van der Waals surface area contributed by atoms with Gasteiger partial charge in [-0.05, 0) is 43.0 Å². The predicted octanol–water partition coefficient (Wildman–Crippen LogP) is 2.26. The van der Waals surface area contributed by atoms with Crippen LogP contribution in [0, 0.1) is 5.92 Å². The molecule has 1 aliphatic rings. The van der Waals surface area contributed by atoms with Crippen molar-refractivity contribution in [2.75, 3.05) is 24.2 Å². The zero-order valence-corrected chi connectivity index (χ0v) is 11.6. The van der Waals surface area contributed by atoms with Gasteiger partial charge in [0.05, 0.1) is 18.6 Å². The van der Waals surface area contributed by atoms with Crippen molar-refractivity contribution in [2.45, 2.75) is 19.3 Å². The molecule has 0 saturated heterocycles. The number of hydrogen-bond acceptors (Lipinski definition) is 3. The lowest BCUT2D eigenvalue weighted by Gasteiger charge is -2.25. The van der Waals surface area contributed by atoms with Gasteiger partial charge in [-0.3, -0.25) is 4.31 Å². The van der Waals surface area contributed by atoms with Crippen molar-refractivity contribution in [3.63, 3.8) is 0 Å². The Morgan fingerprint density at radius 2 is 1.89 bits per heavy atom. The number of rotatable bonds is 5. The smallest absolute Gasteiger partial charge is 0.231 e. The van der Waals surface area contributed by atoms with Crippen molar-refractivity contribution >= 4 is 15.7 Å². The highest BCUT2D eigenvalue weighted by Crippen LogP contribution is 2.27. The Bertz CT molecular complexity index is 491. The van der Waals surface area contributed by atoms with Crippen LogP contribution in [0.1, 0.15) is 19.3 Å². The Morgan fingerprint density at radius 1 is 1.28 bits per heavy atom. The Balaban J connectivity index is 1.96. The van der Waals surface area contributed by atoms with E-state index in [2.05, 4.69) is 0 Å². The molecule has 0 atom stereocenters. The van der Waals surface area contributed by atoms with E-state index in [-0.39, 0.29) is 0 Å². The lowest BCUT2D eigenvalue weighted by molar-refractivity contribution is 0.180. The second-order valence-electron chi connectivity index (χ2n) is 4.83. The maximum Gasteiger partial charge on any atom is 0.231 e. The van der Waals surface area contributed by atoms with Crippen LogP contribution < -0.4 is 9.04 Å². The Morgan fingerprint density at radius 3 is 2.33 bits per heavy atom. The minimum Gasteiger partial charge on any atom is -0.493 e. The third-order valence-corrected chi connectivity index (χ3v) is 4.61. The summed E-state index contributed by atoms with van der Waals surface area (Å²) in [4.78, 5) is 0. The molecule has 0 radical (unpaired) electrons. The van der Waals surface area contributed by atoms with E-state index < -0.39 is 10.0 Å². The van der Waals surface area contributed by atoms with Crippen LogP contribution in [0.5, 0.6) is 5.75 Å². The summed E-state index contributed by atoms with van der Waals surface area (Å²) < 4.78 is 29.7. The molecule has 0 N–H and O–H groups in total. The average Bonchev–Trinajstić information content (AvgIpc) is 2.26. The Kier molecular flexibility index (Phi) is 3.80. The molecule has 0 heterocycles. The van der Waals surface area contributed by atoms with E-state index in [1.54, 1.807) is 19.2 Å². The maximum atomic E-state index is 11.4. The molecule has 0 unspecified atom stereocenters. The van der Waals surface area contributed by atoms with Gasteiger partial charge in [-0.25, -0.2) is 8.42 Å².